The van der Waals surface area contributed by atoms with Crippen molar-refractivity contribution >= 4 is 30.5 Å². The fourth-order valence-electron chi connectivity index (χ4n) is 3.90. The van der Waals surface area contributed by atoms with E-state index in [9.17, 15) is 19.5 Å². The third-order valence-electron chi connectivity index (χ3n) is 5.57. The highest BCUT2D eigenvalue weighted by molar-refractivity contribution is 7.80. The minimum atomic E-state index is -1.29. The maximum absolute atomic E-state index is 13.5. The van der Waals surface area contributed by atoms with Gasteiger partial charge in [0.25, 0.3) is 5.91 Å². The number of carbonyl (C=O) groups is 3. The zero-order valence-corrected chi connectivity index (χ0v) is 21.2. The van der Waals surface area contributed by atoms with Gasteiger partial charge >= 0.3 is 6.09 Å². The van der Waals surface area contributed by atoms with Crippen LogP contribution in [0.5, 0.6) is 5.75 Å². The van der Waals surface area contributed by atoms with E-state index < -0.39 is 35.6 Å². The zero-order valence-electron chi connectivity index (χ0n) is 20.3. The van der Waals surface area contributed by atoms with Gasteiger partial charge in [-0.05, 0) is 46.1 Å². The lowest BCUT2D eigenvalue weighted by Crippen LogP contribution is -2.53. The van der Waals surface area contributed by atoms with Crippen molar-refractivity contribution in [2.45, 2.75) is 83.5 Å². The first-order chi connectivity index (χ1) is 16.0. The number of amides is 3. The third kappa shape index (κ3) is 7.32. The Labute approximate surface area is 207 Å². The van der Waals surface area contributed by atoms with E-state index in [1.165, 1.54) is 0 Å². The molecule has 9 heteroatoms. The van der Waals surface area contributed by atoms with Gasteiger partial charge in [0.1, 0.15) is 17.4 Å². The fourth-order valence-corrected chi connectivity index (χ4v) is 4.14. The largest absolute Gasteiger partial charge is 0.507 e. The molecule has 0 aromatic heterocycles. The van der Waals surface area contributed by atoms with Crippen molar-refractivity contribution in [1.29, 1.82) is 0 Å². The highest BCUT2D eigenvalue weighted by Gasteiger charge is 2.37. The molecule has 2 unspecified atom stereocenters. The second-order valence-corrected chi connectivity index (χ2v) is 9.84. The molecule has 1 saturated carbocycles. The first-order valence-electron chi connectivity index (χ1n) is 11.5. The van der Waals surface area contributed by atoms with Gasteiger partial charge in [-0.1, -0.05) is 43.9 Å². The van der Waals surface area contributed by atoms with Crippen molar-refractivity contribution in [2.75, 3.05) is 5.75 Å². The summed E-state index contributed by atoms with van der Waals surface area (Å²) in [6.07, 6.45) is 9.71. The van der Waals surface area contributed by atoms with Gasteiger partial charge in [0, 0.05) is 23.4 Å². The van der Waals surface area contributed by atoms with Crippen LogP contribution in [0.25, 0.3) is 0 Å². The van der Waals surface area contributed by atoms with Gasteiger partial charge in [0.2, 0.25) is 5.91 Å². The predicted molar refractivity (Wildman–Crippen MR) is 133 cm³/mol. The molecular formula is C25H35N3O5S. The maximum Gasteiger partial charge on any atom is 0.408 e. The average Bonchev–Trinajstić information content (AvgIpc) is 2.77. The van der Waals surface area contributed by atoms with Gasteiger partial charge in [-0.3, -0.25) is 14.5 Å². The van der Waals surface area contributed by atoms with Crippen LogP contribution in [0.2, 0.25) is 0 Å². The van der Waals surface area contributed by atoms with Crippen LogP contribution >= 0.6 is 12.6 Å². The maximum atomic E-state index is 13.5. The summed E-state index contributed by atoms with van der Waals surface area (Å²) in [5, 5.41) is 16.2. The number of hydrogen-bond donors (Lipinski definition) is 4. The molecule has 186 valence electrons. The number of rotatable bonds is 7. The van der Waals surface area contributed by atoms with Crippen LogP contribution in [-0.2, 0) is 14.3 Å². The molecule has 0 aliphatic heterocycles. The van der Waals surface area contributed by atoms with E-state index in [0.717, 1.165) is 37.0 Å². The molecule has 3 N–H and O–H groups in total. The van der Waals surface area contributed by atoms with Gasteiger partial charge in [-0.25, -0.2) is 4.79 Å². The van der Waals surface area contributed by atoms with Crippen molar-refractivity contribution in [2.24, 2.45) is 0 Å². The Morgan fingerprint density at radius 3 is 2.47 bits per heavy atom. The van der Waals surface area contributed by atoms with Crippen molar-refractivity contribution in [3.05, 3.63) is 29.3 Å². The van der Waals surface area contributed by atoms with Gasteiger partial charge < -0.3 is 20.5 Å². The van der Waals surface area contributed by atoms with Crippen molar-refractivity contribution in [1.82, 2.24) is 15.5 Å². The Hall–Kier alpha value is -2.86. The average molecular weight is 490 g/mol. The number of benzene rings is 1. The van der Waals surface area contributed by atoms with Crippen LogP contribution in [0.1, 0.15) is 70.0 Å². The second kappa shape index (κ2) is 12.0. The lowest BCUT2D eigenvalue weighted by atomic mass is 9.94. The second-order valence-electron chi connectivity index (χ2n) is 9.48. The van der Waals surface area contributed by atoms with E-state index in [1.807, 2.05) is 0 Å². The number of nitrogens with zero attached hydrogens (tertiary/aromatic N) is 1. The fraction of sp³-hybridized carbons (Fsp3) is 0.560. The van der Waals surface area contributed by atoms with Crippen LogP contribution in [0.3, 0.4) is 0 Å². The van der Waals surface area contributed by atoms with Crippen LogP contribution in [0, 0.1) is 19.4 Å². The van der Waals surface area contributed by atoms with E-state index in [2.05, 4.69) is 29.3 Å². The van der Waals surface area contributed by atoms with E-state index in [0.29, 0.717) is 5.56 Å². The van der Waals surface area contributed by atoms with Crippen LogP contribution in [-0.4, -0.2) is 51.4 Å². The number of hydrogen-bond acceptors (Lipinski definition) is 6. The van der Waals surface area contributed by atoms with E-state index in [1.54, 1.807) is 45.9 Å². The standard InChI is InChI=1S/C25H35N3O5S/c1-6-28(23(31)19(15-34)27-24(32)33-25(3,4)5)20(18-14-10-11-16(2)21(18)29)22(30)26-17-12-8-7-9-13-17/h1,10-11,14,17,19-20,29,34H,7-9,12-13,15H2,2-5H3,(H,26,30)(H,27,32). The molecule has 1 aromatic rings. The highest BCUT2D eigenvalue weighted by atomic mass is 32.1. The van der Waals surface area contributed by atoms with Crippen LogP contribution in [0.15, 0.2) is 18.2 Å². The molecule has 0 spiro atoms. The number of phenolic OH excluding ortho intramolecular Hbond substituents is 1. The predicted octanol–water partition coefficient (Wildman–Crippen LogP) is 3.43. The quantitative estimate of drug-likeness (QED) is 0.267. The summed E-state index contributed by atoms with van der Waals surface area (Å²) in [4.78, 5) is 40.1. The first kappa shape index (κ1) is 27.4. The number of aromatic hydroxyl groups is 1. The lowest BCUT2D eigenvalue weighted by Gasteiger charge is -2.32. The summed E-state index contributed by atoms with van der Waals surface area (Å²) in [5.41, 5.74) is -0.0274. The van der Waals surface area contributed by atoms with Gasteiger partial charge in [-0.15, -0.1) is 0 Å². The zero-order chi connectivity index (χ0) is 25.5. The number of aryl methyl sites for hydroxylation is 1. The number of para-hydroxylation sites is 1. The summed E-state index contributed by atoms with van der Waals surface area (Å²) >= 11 is 4.19. The molecule has 0 saturated heterocycles. The minimum Gasteiger partial charge on any atom is -0.507 e. The number of phenols is 1. The minimum absolute atomic E-state index is 0.0361. The summed E-state index contributed by atoms with van der Waals surface area (Å²) < 4.78 is 5.24. The molecular weight excluding hydrogens is 454 g/mol. The molecule has 1 aliphatic carbocycles. The van der Waals surface area contributed by atoms with Gasteiger partial charge in [0.05, 0.1) is 0 Å². The summed E-state index contributed by atoms with van der Waals surface area (Å²) in [5.74, 6) is -1.41. The molecule has 3 amide bonds. The number of ether oxygens (including phenoxy) is 1. The topological polar surface area (TPSA) is 108 Å². The van der Waals surface area contributed by atoms with E-state index >= 15 is 0 Å². The molecule has 1 aliphatic rings. The normalized spacial score (nSPS) is 16.0. The molecule has 1 fully saturated rings. The van der Waals surface area contributed by atoms with Crippen LogP contribution in [0.4, 0.5) is 4.79 Å². The number of alkyl carbamates (subject to hydrolysis) is 1. The van der Waals surface area contributed by atoms with Crippen LogP contribution < -0.4 is 10.6 Å². The Kier molecular flexibility index (Phi) is 9.68. The summed E-state index contributed by atoms with van der Waals surface area (Å²) in [6.45, 7) is 6.79. The summed E-state index contributed by atoms with van der Waals surface area (Å²) in [6, 6.07) is 4.74. The van der Waals surface area contributed by atoms with Crippen molar-refractivity contribution < 1.29 is 24.2 Å². The number of carbonyl (C=O) groups excluding carboxylic acids is 3. The van der Waals surface area contributed by atoms with Gasteiger partial charge in [0.15, 0.2) is 6.04 Å². The number of thiol groups is 1. The molecule has 34 heavy (non-hydrogen) atoms. The Morgan fingerprint density at radius 1 is 1.26 bits per heavy atom. The van der Waals surface area contributed by atoms with Gasteiger partial charge in [-0.2, -0.15) is 12.6 Å². The third-order valence-corrected chi connectivity index (χ3v) is 5.93. The van der Waals surface area contributed by atoms with Crippen molar-refractivity contribution in [3.63, 3.8) is 0 Å². The molecule has 0 heterocycles. The SMILES string of the molecule is C#CN(C(=O)C(CS)NC(=O)OC(C)(C)C)C(C(=O)NC1CCCCC1)c1cccc(C)c1O. The molecule has 2 atom stereocenters. The molecule has 8 nitrogen and oxygen atoms in total. The molecule has 0 radical (unpaired) electrons. The smallest absolute Gasteiger partial charge is 0.408 e. The number of terminal acetylenes is 1. The molecule has 0 bridgehead atoms. The molecule has 1 aromatic carbocycles. The number of nitrogens with one attached hydrogen (secondary N) is 2. The molecule has 2 rings (SSSR count). The Morgan fingerprint density at radius 2 is 1.91 bits per heavy atom. The van der Waals surface area contributed by atoms with E-state index in [-0.39, 0.29) is 23.1 Å². The van der Waals surface area contributed by atoms with E-state index in [4.69, 9.17) is 11.2 Å². The highest BCUT2D eigenvalue weighted by Crippen LogP contribution is 2.32. The monoisotopic (exact) mass is 489 g/mol. The Balaban J connectivity index is 2.38. The lowest BCUT2D eigenvalue weighted by molar-refractivity contribution is -0.138. The first-order valence-corrected chi connectivity index (χ1v) is 12.1. The Bertz CT molecular complexity index is 931. The van der Waals surface area contributed by atoms with Crippen molar-refractivity contribution in [3.8, 4) is 18.2 Å². The summed E-state index contributed by atoms with van der Waals surface area (Å²) in [7, 11) is 0.